The van der Waals surface area contributed by atoms with Gasteiger partial charge in [0.05, 0.1) is 24.7 Å². The van der Waals surface area contributed by atoms with Gasteiger partial charge in [-0.3, -0.25) is 15.1 Å². The molecule has 0 saturated heterocycles. The standard InChI is InChI=1S/C23H30FN3O3/c24-20-11-9-18(10-12-20)16-21(27-14-13-25-17-27)23(19-6-2-1-3-7-19)26-30-15-5-4-8-22(28)29/h9-14,17,21,26H,1-8,15-16H2,(H,28,29). The number of hydrogen-bond donors (Lipinski definition) is 2. The predicted molar refractivity (Wildman–Crippen MR) is 112 cm³/mol. The average molecular weight is 416 g/mol. The van der Waals surface area contributed by atoms with Gasteiger partial charge in [0.25, 0.3) is 0 Å². The topological polar surface area (TPSA) is 76.4 Å². The fraction of sp³-hybridized carbons (Fsp3) is 0.478. The van der Waals surface area contributed by atoms with Crippen molar-refractivity contribution in [1.82, 2.24) is 15.0 Å². The lowest BCUT2D eigenvalue weighted by Gasteiger charge is -2.28. The van der Waals surface area contributed by atoms with Gasteiger partial charge < -0.3 is 9.67 Å². The van der Waals surface area contributed by atoms with Crippen molar-refractivity contribution in [3.63, 3.8) is 0 Å². The number of aromatic nitrogens is 2. The van der Waals surface area contributed by atoms with Crippen molar-refractivity contribution < 1.29 is 19.1 Å². The number of benzene rings is 1. The Bertz CT molecular complexity index is 811. The molecule has 1 unspecified atom stereocenters. The molecule has 2 N–H and O–H groups in total. The predicted octanol–water partition coefficient (Wildman–Crippen LogP) is 4.80. The van der Waals surface area contributed by atoms with Crippen molar-refractivity contribution in [2.75, 3.05) is 6.61 Å². The molecule has 1 saturated carbocycles. The van der Waals surface area contributed by atoms with Crippen LogP contribution in [0.4, 0.5) is 4.39 Å². The van der Waals surface area contributed by atoms with E-state index in [0.29, 0.717) is 25.9 Å². The Balaban J connectivity index is 1.76. The third-order valence-electron chi connectivity index (χ3n) is 5.47. The van der Waals surface area contributed by atoms with Gasteiger partial charge in [0, 0.05) is 18.8 Å². The first-order chi connectivity index (χ1) is 14.6. The third kappa shape index (κ3) is 6.69. The zero-order valence-electron chi connectivity index (χ0n) is 17.2. The van der Waals surface area contributed by atoms with Crippen molar-refractivity contribution in [3.8, 4) is 0 Å². The van der Waals surface area contributed by atoms with Gasteiger partial charge in [-0.1, -0.05) is 18.6 Å². The number of allylic oxidation sites excluding steroid dienone is 2. The van der Waals surface area contributed by atoms with Crippen molar-refractivity contribution in [3.05, 3.63) is 65.6 Å². The molecule has 1 fully saturated rings. The van der Waals surface area contributed by atoms with Crippen LogP contribution in [-0.4, -0.2) is 27.2 Å². The fourth-order valence-corrected chi connectivity index (χ4v) is 3.86. The highest BCUT2D eigenvalue weighted by molar-refractivity contribution is 5.66. The van der Waals surface area contributed by atoms with Crippen LogP contribution < -0.4 is 5.48 Å². The van der Waals surface area contributed by atoms with E-state index in [1.54, 1.807) is 12.5 Å². The van der Waals surface area contributed by atoms with Crippen molar-refractivity contribution in [1.29, 1.82) is 0 Å². The number of carbonyl (C=O) groups is 1. The van der Waals surface area contributed by atoms with Gasteiger partial charge in [-0.2, -0.15) is 0 Å². The summed E-state index contributed by atoms with van der Waals surface area (Å²) < 4.78 is 15.4. The normalized spacial score (nSPS) is 15.0. The Morgan fingerprint density at radius 2 is 1.97 bits per heavy atom. The summed E-state index contributed by atoms with van der Waals surface area (Å²) in [5.41, 5.74) is 6.63. The molecule has 1 aromatic heterocycles. The molecule has 1 atom stereocenters. The van der Waals surface area contributed by atoms with Crippen LogP contribution >= 0.6 is 0 Å². The maximum absolute atomic E-state index is 13.4. The van der Waals surface area contributed by atoms with Crippen LogP contribution in [0.25, 0.3) is 0 Å². The Morgan fingerprint density at radius 1 is 1.20 bits per heavy atom. The van der Waals surface area contributed by atoms with Crippen LogP contribution in [0.1, 0.15) is 63.0 Å². The SMILES string of the molecule is O=C(O)CCCCONC(=C1CCCCC1)C(Cc1ccc(F)cc1)n1ccnc1. The summed E-state index contributed by atoms with van der Waals surface area (Å²) in [6, 6.07) is 6.56. The van der Waals surface area contributed by atoms with Gasteiger partial charge in [0.2, 0.25) is 0 Å². The minimum atomic E-state index is -0.785. The molecule has 0 bridgehead atoms. The number of hydrogen-bond acceptors (Lipinski definition) is 4. The van der Waals surface area contributed by atoms with E-state index < -0.39 is 5.97 Å². The van der Waals surface area contributed by atoms with Crippen molar-refractivity contribution in [2.24, 2.45) is 0 Å². The quantitative estimate of drug-likeness (QED) is 0.407. The zero-order valence-corrected chi connectivity index (χ0v) is 17.2. The number of aliphatic carboxylic acids is 1. The number of rotatable bonds is 11. The van der Waals surface area contributed by atoms with Crippen LogP contribution in [0, 0.1) is 5.82 Å². The Labute approximate surface area is 176 Å². The molecule has 2 aromatic rings. The Kier molecular flexibility index (Phi) is 8.44. The zero-order chi connectivity index (χ0) is 21.2. The van der Waals surface area contributed by atoms with E-state index in [9.17, 15) is 9.18 Å². The van der Waals surface area contributed by atoms with E-state index in [0.717, 1.165) is 36.9 Å². The lowest BCUT2D eigenvalue weighted by molar-refractivity contribution is -0.137. The van der Waals surface area contributed by atoms with Crippen LogP contribution in [0.2, 0.25) is 0 Å². The largest absolute Gasteiger partial charge is 0.481 e. The highest BCUT2D eigenvalue weighted by Gasteiger charge is 2.22. The highest BCUT2D eigenvalue weighted by atomic mass is 19.1. The summed E-state index contributed by atoms with van der Waals surface area (Å²) in [5, 5.41) is 8.77. The number of halogens is 1. The second-order valence-corrected chi connectivity index (χ2v) is 7.74. The number of unbranched alkanes of at least 4 members (excludes halogenated alkanes) is 1. The number of nitrogens with zero attached hydrogens (tertiary/aromatic N) is 2. The summed E-state index contributed by atoms with van der Waals surface area (Å²) in [4.78, 5) is 20.7. The third-order valence-corrected chi connectivity index (χ3v) is 5.47. The van der Waals surface area contributed by atoms with Crippen LogP contribution in [0.15, 0.2) is 54.3 Å². The van der Waals surface area contributed by atoms with E-state index in [2.05, 4.69) is 15.0 Å². The molecule has 162 valence electrons. The molecule has 1 aromatic carbocycles. The van der Waals surface area contributed by atoms with Crippen molar-refractivity contribution >= 4 is 5.97 Å². The summed E-state index contributed by atoms with van der Waals surface area (Å²) in [6.07, 6.45) is 13.2. The van der Waals surface area contributed by atoms with E-state index >= 15 is 0 Å². The maximum Gasteiger partial charge on any atom is 0.303 e. The molecule has 1 aliphatic rings. The number of carboxylic acid groups (broad SMARTS) is 1. The fourth-order valence-electron chi connectivity index (χ4n) is 3.86. The number of hydroxylamine groups is 1. The first kappa shape index (κ1) is 22.0. The molecule has 0 radical (unpaired) electrons. The molecule has 0 spiro atoms. The minimum Gasteiger partial charge on any atom is -0.481 e. The molecular weight excluding hydrogens is 385 g/mol. The first-order valence-corrected chi connectivity index (χ1v) is 10.7. The molecular formula is C23H30FN3O3. The van der Waals surface area contributed by atoms with Crippen LogP contribution in [0.3, 0.4) is 0 Å². The van der Waals surface area contributed by atoms with Gasteiger partial charge in [0.15, 0.2) is 0 Å². The molecule has 6 nitrogen and oxygen atoms in total. The molecule has 1 aliphatic carbocycles. The second kappa shape index (κ2) is 11.5. The smallest absolute Gasteiger partial charge is 0.303 e. The lowest BCUT2D eigenvalue weighted by Crippen LogP contribution is -2.27. The monoisotopic (exact) mass is 415 g/mol. The number of nitrogens with one attached hydrogen (secondary N) is 1. The van der Waals surface area contributed by atoms with E-state index in [4.69, 9.17) is 9.94 Å². The summed E-state index contributed by atoms with van der Waals surface area (Å²) >= 11 is 0. The van der Waals surface area contributed by atoms with Gasteiger partial charge in [-0.15, -0.1) is 0 Å². The van der Waals surface area contributed by atoms with Crippen LogP contribution in [0.5, 0.6) is 0 Å². The Morgan fingerprint density at radius 3 is 2.63 bits per heavy atom. The summed E-state index contributed by atoms with van der Waals surface area (Å²) in [5.74, 6) is -1.03. The molecule has 30 heavy (non-hydrogen) atoms. The molecule has 0 amide bonds. The summed E-state index contributed by atoms with van der Waals surface area (Å²) in [7, 11) is 0. The lowest BCUT2D eigenvalue weighted by atomic mass is 9.90. The Hall–Kier alpha value is -2.67. The van der Waals surface area contributed by atoms with E-state index in [1.807, 2.05) is 18.3 Å². The van der Waals surface area contributed by atoms with Gasteiger partial charge >= 0.3 is 5.97 Å². The number of imidazole rings is 1. The summed E-state index contributed by atoms with van der Waals surface area (Å²) in [6.45, 7) is 0.442. The van der Waals surface area contributed by atoms with Crippen LogP contribution in [-0.2, 0) is 16.1 Å². The van der Waals surface area contributed by atoms with Gasteiger partial charge in [-0.25, -0.2) is 9.37 Å². The molecule has 7 heteroatoms. The molecule has 3 rings (SSSR count). The van der Waals surface area contributed by atoms with E-state index in [1.165, 1.54) is 24.1 Å². The van der Waals surface area contributed by atoms with Crippen molar-refractivity contribution in [2.45, 2.75) is 63.8 Å². The maximum atomic E-state index is 13.4. The number of carboxylic acids is 1. The highest BCUT2D eigenvalue weighted by Crippen LogP contribution is 2.31. The minimum absolute atomic E-state index is 0.0370. The van der Waals surface area contributed by atoms with Gasteiger partial charge in [-0.05, 0) is 68.2 Å². The average Bonchev–Trinajstić information content (AvgIpc) is 3.28. The van der Waals surface area contributed by atoms with E-state index in [-0.39, 0.29) is 18.3 Å². The second-order valence-electron chi connectivity index (χ2n) is 7.74. The molecule has 1 heterocycles. The van der Waals surface area contributed by atoms with Gasteiger partial charge in [0.1, 0.15) is 5.82 Å². The first-order valence-electron chi connectivity index (χ1n) is 10.7. The molecule has 0 aliphatic heterocycles.